The van der Waals surface area contributed by atoms with E-state index in [-0.39, 0.29) is 0 Å². The molecule has 5 unspecified atom stereocenters. The molecule has 0 aromatic heterocycles. The number of hydrogen-bond acceptors (Lipinski definition) is 3. The van der Waals surface area contributed by atoms with Crippen LogP contribution in [0.1, 0.15) is 135 Å². The van der Waals surface area contributed by atoms with Crippen molar-refractivity contribution in [2.75, 3.05) is 0 Å². The predicted molar refractivity (Wildman–Crippen MR) is 134 cm³/mol. The van der Waals surface area contributed by atoms with Crippen LogP contribution in [0.2, 0.25) is 0 Å². The standard InChI is InChI=1S/C29H51N3/c1-22-8-5-16-29(30-22)20-24(21-29)26-10-7-15-28(32-26)17-11-23(19-28)18-25-9-6-14-27(31-25)12-3-2-4-13-27/h22-26,30-32H,2-21H2,1H3. The summed E-state index contributed by atoms with van der Waals surface area (Å²) in [5.74, 6) is 1.90. The normalized spacial score (nSPS) is 48.8. The minimum Gasteiger partial charge on any atom is -0.309 e. The second-order valence-electron chi connectivity index (χ2n) is 13.7. The van der Waals surface area contributed by atoms with Crippen LogP contribution < -0.4 is 16.0 Å². The van der Waals surface area contributed by atoms with Crippen LogP contribution in [-0.2, 0) is 0 Å². The van der Waals surface area contributed by atoms with E-state index in [1.165, 1.54) is 128 Å². The molecule has 3 aliphatic heterocycles. The Kier molecular flexibility index (Phi) is 6.17. The molecule has 3 spiro atoms. The van der Waals surface area contributed by atoms with Crippen LogP contribution in [-0.4, -0.2) is 34.7 Å². The Hall–Kier alpha value is -0.120. The van der Waals surface area contributed by atoms with Gasteiger partial charge >= 0.3 is 0 Å². The highest BCUT2D eigenvalue weighted by Crippen LogP contribution is 2.50. The molecule has 3 heterocycles. The zero-order valence-corrected chi connectivity index (χ0v) is 21.0. The van der Waals surface area contributed by atoms with E-state index in [4.69, 9.17) is 0 Å². The van der Waals surface area contributed by atoms with Crippen LogP contribution in [0.4, 0.5) is 0 Å². The van der Waals surface area contributed by atoms with E-state index in [9.17, 15) is 0 Å². The average Bonchev–Trinajstić information content (AvgIpc) is 3.14. The van der Waals surface area contributed by atoms with Gasteiger partial charge in [0.1, 0.15) is 0 Å². The van der Waals surface area contributed by atoms with Gasteiger partial charge in [0, 0.05) is 34.7 Å². The van der Waals surface area contributed by atoms with Gasteiger partial charge in [-0.1, -0.05) is 38.5 Å². The van der Waals surface area contributed by atoms with Crippen molar-refractivity contribution >= 4 is 0 Å². The topological polar surface area (TPSA) is 36.1 Å². The molecule has 3 N–H and O–H groups in total. The third kappa shape index (κ3) is 4.44. The Morgan fingerprint density at radius 2 is 1.31 bits per heavy atom. The maximum absolute atomic E-state index is 4.34. The van der Waals surface area contributed by atoms with Gasteiger partial charge in [0.15, 0.2) is 0 Å². The Morgan fingerprint density at radius 1 is 0.594 bits per heavy atom. The Labute approximate surface area is 198 Å². The quantitative estimate of drug-likeness (QED) is 0.487. The van der Waals surface area contributed by atoms with Crippen LogP contribution >= 0.6 is 0 Å². The van der Waals surface area contributed by atoms with Gasteiger partial charge in [0.05, 0.1) is 0 Å². The molecule has 6 fully saturated rings. The highest BCUT2D eigenvalue weighted by Gasteiger charge is 2.51. The van der Waals surface area contributed by atoms with Gasteiger partial charge in [-0.15, -0.1) is 0 Å². The summed E-state index contributed by atoms with van der Waals surface area (Å²) < 4.78 is 0. The van der Waals surface area contributed by atoms with E-state index >= 15 is 0 Å². The fourth-order valence-corrected chi connectivity index (χ4v) is 9.78. The monoisotopic (exact) mass is 441 g/mol. The largest absolute Gasteiger partial charge is 0.309 e. The zero-order chi connectivity index (χ0) is 21.7. The van der Waals surface area contributed by atoms with E-state index in [0.29, 0.717) is 16.6 Å². The second kappa shape index (κ2) is 8.83. The maximum atomic E-state index is 4.34. The Bertz CT molecular complexity index is 643. The van der Waals surface area contributed by atoms with Crippen LogP contribution in [0.15, 0.2) is 0 Å². The number of hydrogen-bond donors (Lipinski definition) is 3. The van der Waals surface area contributed by atoms with Crippen molar-refractivity contribution in [1.29, 1.82) is 0 Å². The van der Waals surface area contributed by atoms with Crippen molar-refractivity contribution in [2.45, 2.75) is 170 Å². The van der Waals surface area contributed by atoms with Gasteiger partial charge < -0.3 is 16.0 Å². The summed E-state index contributed by atoms with van der Waals surface area (Å²) in [5, 5.41) is 12.6. The molecule has 5 atom stereocenters. The Balaban J connectivity index is 1.01. The summed E-state index contributed by atoms with van der Waals surface area (Å²) in [6.45, 7) is 2.40. The van der Waals surface area contributed by atoms with Crippen molar-refractivity contribution in [3.05, 3.63) is 0 Å². The minimum atomic E-state index is 0.501. The van der Waals surface area contributed by atoms with E-state index in [0.717, 1.165) is 30.0 Å². The summed E-state index contributed by atoms with van der Waals surface area (Å²) in [6.07, 6.45) is 29.1. The molecule has 6 rings (SSSR count). The summed E-state index contributed by atoms with van der Waals surface area (Å²) in [5.41, 5.74) is 1.56. The first kappa shape index (κ1) is 22.4. The summed E-state index contributed by atoms with van der Waals surface area (Å²) in [4.78, 5) is 0. The first-order chi connectivity index (χ1) is 15.6. The van der Waals surface area contributed by atoms with Crippen molar-refractivity contribution in [2.24, 2.45) is 11.8 Å². The third-order valence-electron chi connectivity index (χ3n) is 11.2. The lowest BCUT2D eigenvalue weighted by Gasteiger charge is -2.57. The van der Waals surface area contributed by atoms with Gasteiger partial charge in [0.25, 0.3) is 0 Å². The van der Waals surface area contributed by atoms with Crippen molar-refractivity contribution in [3.63, 3.8) is 0 Å². The lowest BCUT2D eigenvalue weighted by atomic mass is 9.60. The highest BCUT2D eigenvalue weighted by atomic mass is 15.1. The number of nitrogens with one attached hydrogen (secondary N) is 3. The first-order valence-corrected chi connectivity index (χ1v) is 14.9. The molecule has 0 aromatic rings. The molecule has 3 heteroatoms. The molecule has 182 valence electrons. The van der Waals surface area contributed by atoms with E-state index in [1.807, 2.05) is 0 Å². The van der Waals surface area contributed by atoms with Gasteiger partial charge in [-0.25, -0.2) is 0 Å². The molecule has 0 radical (unpaired) electrons. The predicted octanol–water partition coefficient (Wildman–Crippen LogP) is 6.21. The van der Waals surface area contributed by atoms with Crippen molar-refractivity contribution in [3.8, 4) is 0 Å². The molecule has 3 saturated carbocycles. The number of rotatable bonds is 3. The van der Waals surface area contributed by atoms with E-state index in [1.54, 1.807) is 0 Å². The minimum absolute atomic E-state index is 0.501. The zero-order valence-electron chi connectivity index (χ0n) is 21.0. The molecule has 3 nitrogen and oxygen atoms in total. The molecule has 0 bridgehead atoms. The van der Waals surface area contributed by atoms with E-state index < -0.39 is 0 Å². The van der Waals surface area contributed by atoms with Crippen molar-refractivity contribution in [1.82, 2.24) is 16.0 Å². The average molecular weight is 442 g/mol. The Morgan fingerprint density at radius 3 is 2.16 bits per heavy atom. The van der Waals surface area contributed by atoms with Crippen LogP contribution in [0, 0.1) is 11.8 Å². The van der Waals surface area contributed by atoms with Crippen LogP contribution in [0.3, 0.4) is 0 Å². The molecule has 32 heavy (non-hydrogen) atoms. The molecule has 3 saturated heterocycles. The maximum Gasteiger partial charge on any atom is 0.0190 e. The summed E-state index contributed by atoms with van der Waals surface area (Å²) >= 11 is 0. The molecule has 0 amide bonds. The smallest absolute Gasteiger partial charge is 0.0190 e. The van der Waals surface area contributed by atoms with E-state index in [2.05, 4.69) is 22.9 Å². The van der Waals surface area contributed by atoms with Gasteiger partial charge in [0.2, 0.25) is 0 Å². The van der Waals surface area contributed by atoms with Crippen LogP contribution in [0.5, 0.6) is 0 Å². The summed E-state index contributed by atoms with van der Waals surface area (Å²) in [6, 6.07) is 2.37. The highest BCUT2D eigenvalue weighted by molar-refractivity contribution is 5.10. The summed E-state index contributed by atoms with van der Waals surface area (Å²) in [7, 11) is 0. The lowest BCUT2D eigenvalue weighted by Crippen LogP contribution is -2.65. The second-order valence-corrected chi connectivity index (χ2v) is 13.7. The first-order valence-electron chi connectivity index (χ1n) is 14.9. The molecule has 3 aliphatic carbocycles. The fourth-order valence-electron chi connectivity index (χ4n) is 9.78. The number of piperidine rings is 3. The fraction of sp³-hybridized carbons (Fsp3) is 1.00. The molecular formula is C29H51N3. The lowest BCUT2D eigenvalue weighted by molar-refractivity contribution is 0.0150. The van der Waals surface area contributed by atoms with Gasteiger partial charge in [-0.05, 0) is 109 Å². The van der Waals surface area contributed by atoms with Gasteiger partial charge in [-0.2, -0.15) is 0 Å². The van der Waals surface area contributed by atoms with Crippen molar-refractivity contribution < 1.29 is 0 Å². The van der Waals surface area contributed by atoms with Gasteiger partial charge in [-0.3, -0.25) is 0 Å². The third-order valence-corrected chi connectivity index (χ3v) is 11.2. The molecule has 0 aromatic carbocycles. The van der Waals surface area contributed by atoms with Crippen LogP contribution in [0.25, 0.3) is 0 Å². The molecular weight excluding hydrogens is 390 g/mol. The SMILES string of the molecule is CC1CCCC2(CC(C3CCCC4(CCC(CC5CCCC6(CCCCC6)N5)C4)N3)C2)N1. The molecule has 6 aliphatic rings.